The van der Waals surface area contributed by atoms with Crippen LogP contribution in [0.5, 0.6) is 11.6 Å². The number of pyridine rings is 1. The molecular weight excluding hydrogens is 418 g/mol. The lowest BCUT2D eigenvalue weighted by Crippen LogP contribution is -2.46. The number of rotatable bonds is 7. The van der Waals surface area contributed by atoms with E-state index in [0.717, 1.165) is 82.7 Å². The topological polar surface area (TPSA) is 79.0 Å². The molecule has 2 N–H and O–H groups in total. The van der Waals surface area contributed by atoms with Crippen LogP contribution in [0.1, 0.15) is 30.4 Å². The normalized spacial score (nSPS) is 18.3. The minimum Gasteiger partial charge on any atom is -0.491 e. The lowest BCUT2D eigenvalue weighted by atomic mass is 10.0. The zero-order chi connectivity index (χ0) is 22.5. The second-order valence-electron chi connectivity index (χ2n) is 8.89. The highest BCUT2D eigenvalue weighted by molar-refractivity contribution is 5.89. The predicted molar refractivity (Wildman–Crippen MR) is 129 cm³/mol. The van der Waals surface area contributed by atoms with Gasteiger partial charge in [-0.1, -0.05) is 12.1 Å². The summed E-state index contributed by atoms with van der Waals surface area (Å²) in [6, 6.07) is 10.2. The third-order valence-corrected chi connectivity index (χ3v) is 6.61. The molecule has 0 saturated carbocycles. The SMILES string of the molecule is O=C1NCCc2ccc(OCCCCN3CCN(c4cccc5c4OCCC5)CC3)nc2N1. The van der Waals surface area contributed by atoms with Gasteiger partial charge in [-0.15, -0.1) is 0 Å². The van der Waals surface area contributed by atoms with Crippen molar-refractivity contribution in [3.8, 4) is 11.6 Å². The van der Waals surface area contributed by atoms with E-state index in [1.54, 1.807) is 0 Å². The number of anilines is 2. The lowest BCUT2D eigenvalue weighted by Gasteiger charge is -2.37. The van der Waals surface area contributed by atoms with Crippen molar-refractivity contribution in [2.24, 2.45) is 0 Å². The summed E-state index contributed by atoms with van der Waals surface area (Å²) < 4.78 is 11.8. The molecule has 1 aromatic carbocycles. The van der Waals surface area contributed by atoms with Gasteiger partial charge in [-0.2, -0.15) is 4.98 Å². The fourth-order valence-electron chi connectivity index (χ4n) is 4.77. The molecule has 0 radical (unpaired) electrons. The molecule has 1 fully saturated rings. The van der Waals surface area contributed by atoms with Crippen molar-refractivity contribution in [3.05, 3.63) is 41.5 Å². The molecule has 3 aliphatic heterocycles. The average molecular weight is 452 g/mol. The van der Waals surface area contributed by atoms with Crippen molar-refractivity contribution in [1.82, 2.24) is 15.2 Å². The van der Waals surface area contributed by atoms with Crippen LogP contribution in [0, 0.1) is 0 Å². The number of piperazine rings is 1. The Bertz CT molecular complexity index is 975. The zero-order valence-electron chi connectivity index (χ0n) is 19.1. The average Bonchev–Trinajstić information content (AvgIpc) is 3.04. The van der Waals surface area contributed by atoms with Gasteiger partial charge in [0.15, 0.2) is 0 Å². The molecule has 3 aliphatic rings. The first-order chi connectivity index (χ1) is 16.3. The molecule has 5 rings (SSSR count). The van der Waals surface area contributed by atoms with Crippen LogP contribution in [-0.4, -0.2) is 68.4 Å². The summed E-state index contributed by atoms with van der Waals surface area (Å²) in [5.74, 6) is 2.28. The van der Waals surface area contributed by atoms with E-state index in [9.17, 15) is 4.79 Å². The maximum atomic E-state index is 11.7. The van der Waals surface area contributed by atoms with Crippen molar-refractivity contribution < 1.29 is 14.3 Å². The van der Waals surface area contributed by atoms with Crippen molar-refractivity contribution in [1.29, 1.82) is 0 Å². The number of aryl methyl sites for hydroxylation is 1. The molecule has 176 valence electrons. The Labute approximate surface area is 195 Å². The Kier molecular flexibility index (Phi) is 6.81. The number of carbonyl (C=O) groups excluding carboxylic acids is 1. The van der Waals surface area contributed by atoms with E-state index < -0.39 is 0 Å². The standard InChI is InChI=1S/C25H33N5O3/c31-25-26-11-10-20-8-9-22(27-24(20)28-25)32-17-2-1-12-29-13-15-30(16-14-29)21-7-3-5-19-6-4-18-33-23(19)21/h3,5,7-9H,1-2,4,6,10-18H2,(H2,26,27,28,31). The third kappa shape index (κ3) is 5.33. The van der Waals surface area contributed by atoms with Crippen LogP contribution in [-0.2, 0) is 12.8 Å². The van der Waals surface area contributed by atoms with Crippen LogP contribution in [0.15, 0.2) is 30.3 Å². The van der Waals surface area contributed by atoms with Gasteiger partial charge in [-0.25, -0.2) is 4.79 Å². The van der Waals surface area contributed by atoms with Gasteiger partial charge in [0.25, 0.3) is 0 Å². The zero-order valence-corrected chi connectivity index (χ0v) is 19.1. The van der Waals surface area contributed by atoms with E-state index in [1.165, 1.54) is 11.3 Å². The van der Waals surface area contributed by atoms with E-state index in [2.05, 4.69) is 43.6 Å². The van der Waals surface area contributed by atoms with E-state index >= 15 is 0 Å². The molecule has 1 aromatic heterocycles. The number of nitrogens with one attached hydrogen (secondary N) is 2. The summed E-state index contributed by atoms with van der Waals surface area (Å²) >= 11 is 0. The second-order valence-corrected chi connectivity index (χ2v) is 8.89. The molecular formula is C25H33N5O3. The second kappa shape index (κ2) is 10.3. The smallest absolute Gasteiger partial charge is 0.320 e. The molecule has 8 nitrogen and oxygen atoms in total. The number of fused-ring (bicyclic) bond motifs is 2. The Morgan fingerprint density at radius 1 is 1.03 bits per heavy atom. The number of ether oxygens (including phenoxy) is 2. The quantitative estimate of drug-likeness (QED) is 0.630. The minimum atomic E-state index is -0.210. The first kappa shape index (κ1) is 21.8. The van der Waals surface area contributed by atoms with Gasteiger partial charge in [-0.05, 0) is 61.9 Å². The Balaban J connectivity index is 1.03. The highest BCUT2D eigenvalue weighted by atomic mass is 16.5. The number of urea groups is 1. The fourth-order valence-corrected chi connectivity index (χ4v) is 4.77. The molecule has 0 aliphatic carbocycles. The van der Waals surface area contributed by atoms with Crippen LogP contribution < -0.4 is 25.0 Å². The van der Waals surface area contributed by atoms with E-state index in [-0.39, 0.29) is 6.03 Å². The molecule has 2 amide bonds. The number of aromatic nitrogens is 1. The molecule has 0 spiro atoms. The van der Waals surface area contributed by atoms with Gasteiger partial charge in [0.2, 0.25) is 5.88 Å². The summed E-state index contributed by atoms with van der Waals surface area (Å²) in [5, 5.41) is 5.56. The lowest BCUT2D eigenvalue weighted by molar-refractivity contribution is 0.235. The molecule has 0 atom stereocenters. The molecule has 4 heterocycles. The predicted octanol–water partition coefficient (Wildman–Crippen LogP) is 3.07. The number of unbranched alkanes of at least 4 members (excludes halogenated alkanes) is 1. The first-order valence-corrected chi connectivity index (χ1v) is 12.2. The maximum Gasteiger partial charge on any atom is 0.320 e. The number of para-hydroxylation sites is 1. The summed E-state index contributed by atoms with van der Waals surface area (Å²) in [6.07, 6.45) is 5.08. The van der Waals surface area contributed by atoms with E-state index in [0.29, 0.717) is 24.8 Å². The highest BCUT2D eigenvalue weighted by Crippen LogP contribution is 2.35. The van der Waals surface area contributed by atoms with Crippen molar-refractivity contribution in [2.75, 3.05) is 62.7 Å². The van der Waals surface area contributed by atoms with Gasteiger partial charge in [-0.3, -0.25) is 10.2 Å². The third-order valence-electron chi connectivity index (χ3n) is 6.61. The van der Waals surface area contributed by atoms with Crippen LogP contribution >= 0.6 is 0 Å². The van der Waals surface area contributed by atoms with Crippen LogP contribution in [0.3, 0.4) is 0 Å². The van der Waals surface area contributed by atoms with Gasteiger partial charge in [0.05, 0.1) is 18.9 Å². The van der Waals surface area contributed by atoms with Crippen molar-refractivity contribution in [3.63, 3.8) is 0 Å². The Morgan fingerprint density at radius 2 is 1.94 bits per heavy atom. The summed E-state index contributed by atoms with van der Waals surface area (Å²) in [7, 11) is 0. The van der Waals surface area contributed by atoms with Crippen LogP contribution in [0.4, 0.5) is 16.3 Å². The molecule has 2 aromatic rings. The molecule has 1 saturated heterocycles. The van der Waals surface area contributed by atoms with Crippen LogP contribution in [0.2, 0.25) is 0 Å². The van der Waals surface area contributed by atoms with E-state index in [4.69, 9.17) is 9.47 Å². The maximum absolute atomic E-state index is 11.7. The summed E-state index contributed by atoms with van der Waals surface area (Å²) in [5.41, 5.74) is 3.65. The number of hydrogen-bond acceptors (Lipinski definition) is 6. The van der Waals surface area contributed by atoms with Crippen molar-refractivity contribution >= 4 is 17.5 Å². The summed E-state index contributed by atoms with van der Waals surface area (Å²) in [6.45, 7) is 7.39. The van der Waals surface area contributed by atoms with Gasteiger partial charge in [0.1, 0.15) is 11.6 Å². The molecule has 0 bridgehead atoms. The number of nitrogens with zero attached hydrogens (tertiary/aromatic N) is 3. The molecule has 0 unspecified atom stereocenters. The number of carbonyl (C=O) groups is 1. The monoisotopic (exact) mass is 451 g/mol. The highest BCUT2D eigenvalue weighted by Gasteiger charge is 2.22. The Hall–Kier alpha value is -3.00. The van der Waals surface area contributed by atoms with E-state index in [1.807, 2.05) is 12.1 Å². The van der Waals surface area contributed by atoms with Crippen molar-refractivity contribution in [2.45, 2.75) is 32.1 Å². The molecule has 33 heavy (non-hydrogen) atoms. The fraction of sp³-hybridized carbons (Fsp3) is 0.520. The summed E-state index contributed by atoms with van der Waals surface area (Å²) in [4.78, 5) is 21.1. The Morgan fingerprint density at radius 3 is 2.85 bits per heavy atom. The minimum absolute atomic E-state index is 0.210. The van der Waals surface area contributed by atoms with Crippen LogP contribution in [0.25, 0.3) is 0 Å². The largest absolute Gasteiger partial charge is 0.491 e. The number of hydrogen-bond donors (Lipinski definition) is 2. The van der Waals surface area contributed by atoms with Gasteiger partial charge < -0.3 is 19.7 Å². The number of amides is 2. The first-order valence-electron chi connectivity index (χ1n) is 12.2. The van der Waals surface area contributed by atoms with Gasteiger partial charge in [0, 0.05) is 38.8 Å². The number of benzene rings is 1. The van der Waals surface area contributed by atoms with Gasteiger partial charge >= 0.3 is 6.03 Å². The molecule has 8 heteroatoms.